The second-order valence-electron chi connectivity index (χ2n) is 4.57. The highest BCUT2D eigenvalue weighted by molar-refractivity contribution is 9.10. The Hall–Kier alpha value is -1.66. The van der Waals surface area contributed by atoms with E-state index in [2.05, 4.69) is 15.9 Å². The maximum Gasteiger partial charge on any atom is 0.342 e. The van der Waals surface area contributed by atoms with Gasteiger partial charge >= 0.3 is 5.97 Å². The van der Waals surface area contributed by atoms with E-state index in [0.29, 0.717) is 17.1 Å². The first-order valence-electron chi connectivity index (χ1n) is 6.81. The van der Waals surface area contributed by atoms with E-state index >= 15 is 0 Å². The van der Waals surface area contributed by atoms with E-state index in [1.165, 1.54) is 14.2 Å². The molecule has 122 valence electrons. The molecule has 0 atom stereocenters. The molecule has 0 aliphatic carbocycles. The van der Waals surface area contributed by atoms with Gasteiger partial charge in [0.05, 0.1) is 25.8 Å². The van der Waals surface area contributed by atoms with E-state index in [0.717, 1.165) is 20.7 Å². The van der Waals surface area contributed by atoms with Crippen LogP contribution in [0.3, 0.4) is 0 Å². The molecule has 0 unspecified atom stereocenters. The van der Waals surface area contributed by atoms with Gasteiger partial charge in [0.25, 0.3) is 0 Å². The van der Waals surface area contributed by atoms with Gasteiger partial charge in [-0.3, -0.25) is 0 Å². The number of methoxy groups -OCH3 is 3. The Kier molecular flexibility index (Phi) is 6.36. The largest absolute Gasteiger partial charge is 0.497 e. The highest BCUT2D eigenvalue weighted by Crippen LogP contribution is 2.35. The summed E-state index contributed by atoms with van der Waals surface area (Å²) in [6.07, 6.45) is 0. The summed E-state index contributed by atoms with van der Waals surface area (Å²) in [5.74, 6) is 1.49. The van der Waals surface area contributed by atoms with Crippen molar-refractivity contribution >= 4 is 33.7 Å². The number of carbonyl (C=O) groups excluding carboxylic acids is 1. The molecule has 0 aliphatic rings. The summed E-state index contributed by atoms with van der Waals surface area (Å²) in [6.45, 7) is 0. The van der Waals surface area contributed by atoms with Crippen LogP contribution in [-0.4, -0.2) is 27.3 Å². The lowest BCUT2D eigenvalue weighted by atomic mass is 10.1. The quantitative estimate of drug-likeness (QED) is 0.529. The molecule has 0 bridgehead atoms. The van der Waals surface area contributed by atoms with Crippen LogP contribution < -0.4 is 9.47 Å². The summed E-state index contributed by atoms with van der Waals surface area (Å²) in [7, 11) is 4.53. The van der Waals surface area contributed by atoms with Crippen molar-refractivity contribution in [3.8, 4) is 11.5 Å². The van der Waals surface area contributed by atoms with E-state index in [4.69, 9.17) is 14.2 Å². The summed E-state index contributed by atoms with van der Waals surface area (Å²) >= 11 is 5.01. The Balaban J connectivity index is 2.30. The number of esters is 1. The Morgan fingerprint density at radius 1 is 1.13 bits per heavy atom. The van der Waals surface area contributed by atoms with Crippen molar-refractivity contribution in [2.75, 3.05) is 21.3 Å². The number of carbonyl (C=O) groups is 1. The molecule has 0 N–H and O–H groups in total. The minimum atomic E-state index is -0.413. The topological polar surface area (TPSA) is 44.8 Å². The van der Waals surface area contributed by atoms with Crippen LogP contribution in [-0.2, 0) is 10.5 Å². The van der Waals surface area contributed by atoms with Crippen molar-refractivity contribution in [3.05, 3.63) is 52.0 Å². The van der Waals surface area contributed by atoms with Gasteiger partial charge in [-0.25, -0.2) is 4.79 Å². The van der Waals surface area contributed by atoms with E-state index in [1.807, 2.05) is 36.4 Å². The third-order valence-corrected chi connectivity index (χ3v) is 4.89. The van der Waals surface area contributed by atoms with Crippen LogP contribution in [0.1, 0.15) is 15.9 Å². The number of ether oxygens (including phenoxy) is 3. The van der Waals surface area contributed by atoms with Crippen molar-refractivity contribution in [1.29, 1.82) is 0 Å². The summed E-state index contributed by atoms with van der Waals surface area (Å²) in [6, 6.07) is 11.6. The molecule has 0 saturated carbocycles. The van der Waals surface area contributed by atoms with Crippen molar-refractivity contribution in [3.63, 3.8) is 0 Å². The molecule has 0 heterocycles. The molecule has 4 nitrogen and oxygen atoms in total. The first kappa shape index (κ1) is 17.7. The molecule has 0 spiro atoms. The van der Waals surface area contributed by atoms with Gasteiger partial charge in [-0.1, -0.05) is 12.1 Å². The van der Waals surface area contributed by atoms with Crippen LogP contribution in [0.15, 0.2) is 45.8 Å². The van der Waals surface area contributed by atoms with Gasteiger partial charge in [0.1, 0.15) is 17.1 Å². The number of hydrogen-bond acceptors (Lipinski definition) is 5. The Labute approximate surface area is 148 Å². The van der Waals surface area contributed by atoms with Gasteiger partial charge < -0.3 is 14.2 Å². The predicted octanol–water partition coefficient (Wildman–Crippen LogP) is 4.55. The summed E-state index contributed by atoms with van der Waals surface area (Å²) in [5, 5.41) is 0. The van der Waals surface area contributed by atoms with Gasteiger partial charge in [0, 0.05) is 10.6 Å². The molecular formula is C17H17BrO4S. The number of rotatable bonds is 6. The van der Waals surface area contributed by atoms with E-state index in [-0.39, 0.29) is 0 Å². The smallest absolute Gasteiger partial charge is 0.342 e. The zero-order chi connectivity index (χ0) is 16.8. The van der Waals surface area contributed by atoms with Gasteiger partial charge in [-0.2, -0.15) is 0 Å². The Morgan fingerprint density at radius 3 is 2.57 bits per heavy atom. The highest BCUT2D eigenvalue weighted by Gasteiger charge is 2.20. The molecule has 0 saturated heterocycles. The number of hydrogen-bond donors (Lipinski definition) is 0. The van der Waals surface area contributed by atoms with E-state index in [9.17, 15) is 4.79 Å². The SMILES string of the molecule is COC(=O)c1c(CSc2cccc(OC)c2)ccc(Br)c1OC. The third-order valence-electron chi connectivity index (χ3n) is 3.23. The normalized spacial score (nSPS) is 10.3. The van der Waals surface area contributed by atoms with Gasteiger partial charge in [-0.15, -0.1) is 11.8 Å². The molecule has 2 aromatic carbocycles. The standard InChI is InChI=1S/C17H17BrO4S/c1-20-12-5-4-6-13(9-12)23-10-11-7-8-14(18)16(21-2)15(11)17(19)22-3/h4-9H,10H2,1-3H3. The van der Waals surface area contributed by atoms with Crippen molar-refractivity contribution < 1.29 is 19.0 Å². The minimum Gasteiger partial charge on any atom is -0.497 e. The van der Waals surface area contributed by atoms with Gasteiger partial charge in [0.15, 0.2) is 0 Å². The van der Waals surface area contributed by atoms with Crippen LogP contribution in [0, 0.1) is 0 Å². The van der Waals surface area contributed by atoms with Crippen molar-refractivity contribution in [2.24, 2.45) is 0 Å². The second kappa shape index (κ2) is 8.26. The molecule has 6 heteroatoms. The minimum absolute atomic E-state index is 0.413. The number of thioether (sulfide) groups is 1. The van der Waals surface area contributed by atoms with Crippen LogP contribution >= 0.6 is 27.7 Å². The molecule has 23 heavy (non-hydrogen) atoms. The summed E-state index contributed by atoms with van der Waals surface area (Å²) in [5.41, 5.74) is 1.30. The lowest BCUT2D eigenvalue weighted by Gasteiger charge is -2.14. The maximum absolute atomic E-state index is 12.1. The van der Waals surface area contributed by atoms with Crippen molar-refractivity contribution in [1.82, 2.24) is 0 Å². The highest BCUT2D eigenvalue weighted by atomic mass is 79.9. The van der Waals surface area contributed by atoms with Crippen LogP contribution in [0.5, 0.6) is 11.5 Å². The lowest BCUT2D eigenvalue weighted by Crippen LogP contribution is -2.08. The molecule has 0 fully saturated rings. The van der Waals surface area contributed by atoms with Crippen molar-refractivity contribution in [2.45, 2.75) is 10.6 Å². The molecular weight excluding hydrogens is 380 g/mol. The Morgan fingerprint density at radius 2 is 1.91 bits per heavy atom. The number of benzene rings is 2. The molecule has 0 aliphatic heterocycles. The monoisotopic (exact) mass is 396 g/mol. The number of halogens is 1. The van der Waals surface area contributed by atoms with Crippen LogP contribution in [0.2, 0.25) is 0 Å². The first-order chi connectivity index (χ1) is 11.1. The Bertz CT molecular complexity index is 703. The molecule has 0 radical (unpaired) electrons. The van der Waals surface area contributed by atoms with E-state index < -0.39 is 5.97 Å². The molecule has 0 aromatic heterocycles. The van der Waals surface area contributed by atoms with Gasteiger partial charge in [-0.05, 0) is 45.8 Å². The maximum atomic E-state index is 12.1. The fraction of sp³-hybridized carbons (Fsp3) is 0.235. The zero-order valence-corrected chi connectivity index (χ0v) is 15.5. The summed E-state index contributed by atoms with van der Waals surface area (Å²) in [4.78, 5) is 13.2. The molecule has 0 amide bonds. The van der Waals surface area contributed by atoms with Crippen LogP contribution in [0.25, 0.3) is 0 Å². The average Bonchev–Trinajstić information content (AvgIpc) is 2.59. The van der Waals surface area contributed by atoms with E-state index in [1.54, 1.807) is 18.9 Å². The second-order valence-corrected chi connectivity index (χ2v) is 6.48. The van der Waals surface area contributed by atoms with Gasteiger partial charge in [0.2, 0.25) is 0 Å². The first-order valence-corrected chi connectivity index (χ1v) is 8.59. The summed E-state index contributed by atoms with van der Waals surface area (Å²) < 4.78 is 16.2. The fourth-order valence-electron chi connectivity index (χ4n) is 2.10. The average molecular weight is 397 g/mol. The zero-order valence-electron chi connectivity index (χ0n) is 13.1. The molecule has 2 rings (SSSR count). The molecule has 2 aromatic rings. The fourth-order valence-corrected chi connectivity index (χ4v) is 3.53. The van der Waals surface area contributed by atoms with Crippen LogP contribution in [0.4, 0.5) is 0 Å². The third kappa shape index (κ3) is 4.20. The predicted molar refractivity (Wildman–Crippen MR) is 94.6 cm³/mol. The lowest BCUT2D eigenvalue weighted by molar-refractivity contribution is 0.0596.